The molecular formula is C48H30N2S. The van der Waals surface area contributed by atoms with Crippen molar-refractivity contribution >= 4 is 86.7 Å². The Bertz CT molecular complexity index is 3070. The quantitative estimate of drug-likeness (QED) is 0.181. The normalized spacial score (nSPS) is 12.4. The van der Waals surface area contributed by atoms with E-state index in [0.29, 0.717) is 0 Å². The Balaban J connectivity index is 1.15. The number of nitrogens with zero attached hydrogens (tertiary/aromatic N) is 2. The fraction of sp³-hybridized carbons (Fsp3) is 0. The molecule has 8 aromatic carbocycles. The molecule has 0 atom stereocenters. The van der Waals surface area contributed by atoms with Gasteiger partial charge in [-0.25, -0.2) is 0 Å². The van der Waals surface area contributed by atoms with Crippen LogP contribution in [0.25, 0.3) is 75.1 Å². The molecule has 11 rings (SSSR count). The molecule has 2 nitrogen and oxygen atoms in total. The molecule has 2 aromatic heterocycles. The van der Waals surface area contributed by atoms with Crippen LogP contribution in [0.3, 0.4) is 0 Å². The van der Waals surface area contributed by atoms with E-state index >= 15 is 0 Å². The van der Waals surface area contributed by atoms with E-state index in [1.165, 1.54) is 75.0 Å². The monoisotopic (exact) mass is 666 g/mol. The van der Waals surface area contributed by atoms with Gasteiger partial charge in [0.25, 0.3) is 0 Å². The van der Waals surface area contributed by atoms with Gasteiger partial charge in [-0.05, 0) is 111 Å². The predicted molar refractivity (Wildman–Crippen MR) is 219 cm³/mol. The first-order valence-electron chi connectivity index (χ1n) is 17.4. The van der Waals surface area contributed by atoms with Crippen LogP contribution in [0.2, 0.25) is 0 Å². The third-order valence-electron chi connectivity index (χ3n) is 10.7. The lowest BCUT2D eigenvalue weighted by Crippen LogP contribution is -2.10. The van der Waals surface area contributed by atoms with Crippen LogP contribution in [0.15, 0.2) is 176 Å². The molecule has 0 N–H and O–H groups in total. The van der Waals surface area contributed by atoms with Crippen LogP contribution in [0.4, 0.5) is 17.1 Å². The minimum absolute atomic E-state index is 1.08. The average molecular weight is 667 g/mol. The highest BCUT2D eigenvalue weighted by Crippen LogP contribution is 2.48. The number of fused-ring (bicyclic) bond motifs is 10. The maximum Gasteiger partial charge on any atom is 0.0542 e. The van der Waals surface area contributed by atoms with Crippen molar-refractivity contribution in [2.24, 2.45) is 0 Å². The highest BCUT2D eigenvalue weighted by Gasteiger charge is 2.24. The number of hydrogen-bond donors (Lipinski definition) is 0. The van der Waals surface area contributed by atoms with Gasteiger partial charge in [0, 0.05) is 53.7 Å². The van der Waals surface area contributed by atoms with Crippen molar-refractivity contribution < 1.29 is 0 Å². The second-order valence-electron chi connectivity index (χ2n) is 13.5. The second kappa shape index (κ2) is 10.8. The number of benzene rings is 8. The summed E-state index contributed by atoms with van der Waals surface area (Å²) in [6.45, 7) is 4.56. The lowest BCUT2D eigenvalue weighted by Gasteiger charge is -2.26. The van der Waals surface area contributed by atoms with E-state index in [-0.39, 0.29) is 0 Å². The smallest absolute Gasteiger partial charge is 0.0542 e. The van der Waals surface area contributed by atoms with Crippen LogP contribution in [-0.4, -0.2) is 4.57 Å². The average Bonchev–Trinajstić information content (AvgIpc) is 3.82. The first-order chi connectivity index (χ1) is 25.2. The van der Waals surface area contributed by atoms with Crippen molar-refractivity contribution in [3.05, 3.63) is 188 Å². The molecule has 0 saturated carbocycles. The van der Waals surface area contributed by atoms with E-state index in [0.717, 1.165) is 28.3 Å². The van der Waals surface area contributed by atoms with Crippen molar-refractivity contribution in [3.8, 4) is 16.8 Å². The third kappa shape index (κ3) is 4.22. The minimum atomic E-state index is 1.08. The van der Waals surface area contributed by atoms with E-state index < -0.39 is 0 Å². The molecule has 0 aliphatic heterocycles. The molecule has 0 radical (unpaired) electrons. The van der Waals surface area contributed by atoms with E-state index in [2.05, 4.69) is 186 Å². The van der Waals surface area contributed by atoms with E-state index in [1.807, 2.05) is 11.3 Å². The summed E-state index contributed by atoms with van der Waals surface area (Å²) in [6.07, 6.45) is 0. The molecule has 0 amide bonds. The zero-order valence-corrected chi connectivity index (χ0v) is 28.5. The lowest BCUT2D eigenvalue weighted by atomic mass is 10.0. The van der Waals surface area contributed by atoms with Crippen molar-refractivity contribution in [3.63, 3.8) is 0 Å². The number of para-hydroxylation sites is 1. The third-order valence-corrected chi connectivity index (χ3v) is 11.8. The Kier molecular flexibility index (Phi) is 6.01. The first-order valence-corrected chi connectivity index (χ1v) is 18.2. The van der Waals surface area contributed by atoms with E-state index in [1.54, 1.807) is 0 Å². The summed E-state index contributed by atoms with van der Waals surface area (Å²) in [7, 11) is 0. The fourth-order valence-corrected chi connectivity index (χ4v) is 9.36. The summed E-state index contributed by atoms with van der Waals surface area (Å²) in [5.41, 5.74) is 12.9. The highest BCUT2D eigenvalue weighted by molar-refractivity contribution is 7.25. The largest absolute Gasteiger partial charge is 0.310 e. The molecule has 0 bridgehead atoms. The predicted octanol–water partition coefficient (Wildman–Crippen LogP) is 13.8. The van der Waals surface area contributed by atoms with E-state index in [9.17, 15) is 0 Å². The SMILES string of the molecule is C=C1c2ccccc2-c2ccc(N(c3ccc4sc5ccccc5c4c3)c3ccc4c(c3)c3ccccc3n4-c3ccc4ccccc4c3)cc21. The zero-order chi connectivity index (χ0) is 33.6. The lowest BCUT2D eigenvalue weighted by molar-refractivity contribution is 1.18. The molecule has 0 spiro atoms. The Morgan fingerprint density at radius 1 is 0.412 bits per heavy atom. The molecule has 0 unspecified atom stereocenters. The second-order valence-corrected chi connectivity index (χ2v) is 14.5. The van der Waals surface area contributed by atoms with Gasteiger partial charge in [-0.2, -0.15) is 0 Å². The summed E-state index contributed by atoms with van der Waals surface area (Å²) in [5, 5.41) is 7.52. The van der Waals surface area contributed by atoms with Gasteiger partial charge in [-0.1, -0.05) is 104 Å². The summed E-state index contributed by atoms with van der Waals surface area (Å²) in [5.74, 6) is 0. The Labute approximate surface area is 299 Å². The van der Waals surface area contributed by atoms with Gasteiger partial charge in [0.05, 0.1) is 11.0 Å². The molecule has 238 valence electrons. The van der Waals surface area contributed by atoms with Crippen molar-refractivity contribution in [1.82, 2.24) is 4.57 Å². The number of aromatic nitrogens is 1. The zero-order valence-electron chi connectivity index (χ0n) is 27.7. The maximum absolute atomic E-state index is 4.56. The van der Waals surface area contributed by atoms with Gasteiger partial charge in [-0.3, -0.25) is 0 Å². The molecule has 1 aliphatic rings. The first kappa shape index (κ1) is 28.4. The molecule has 2 heterocycles. The van der Waals surface area contributed by atoms with Gasteiger partial charge in [0.2, 0.25) is 0 Å². The summed E-state index contributed by atoms with van der Waals surface area (Å²) < 4.78 is 5.02. The van der Waals surface area contributed by atoms with Gasteiger partial charge in [0.15, 0.2) is 0 Å². The number of anilines is 3. The maximum atomic E-state index is 4.56. The van der Waals surface area contributed by atoms with E-state index in [4.69, 9.17) is 0 Å². The number of hydrogen-bond acceptors (Lipinski definition) is 2. The fourth-order valence-electron chi connectivity index (χ4n) is 8.28. The summed E-state index contributed by atoms with van der Waals surface area (Å²) in [4.78, 5) is 2.42. The molecule has 51 heavy (non-hydrogen) atoms. The highest BCUT2D eigenvalue weighted by atomic mass is 32.1. The summed E-state index contributed by atoms with van der Waals surface area (Å²) >= 11 is 1.85. The molecule has 10 aromatic rings. The van der Waals surface area contributed by atoms with Crippen LogP contribution in [0.5, 0.6) is 0 Å². The van der Waals surface area contributed by atoms with Crippen molar-refractivity contribution in [1.29, 1.82) is 0 Å². The van der Waals surface area contributed by atoms with Crippen molar-refractivity contribution in [2.75, 3.05) is 4.90 Å². The van der Waals surface area contributed by atoms with Crippen molar-refractivity contribution in [2.45, 2.75) is 0 Å². The molecule has 0 saturated heterocycles. The summed E-state index contributed by atoms with van der Waals surface area (Å²) in [6, 6.07) is 62.2. The molecule has 1 aliphatic carbocycles. The van der Waals surface area contributed by atoms with Gasteiger partial charge in [0.1, 0.15) is 0 Å². The topological polar surface area (TPSA) is 8.17 Å². The molecule has 3 heteroatoms. The minimum Gasteiger partial charge on any atom is -0.310 e. The standard InChI is InChI=1S/C48H30N2S/c1-30-37-12-4-5-13-38(37)39-23-20-34(27-42(30)39)49(36-22-25-48-44(29-36)41-15-7-9-17-47(41)51-48)35-21-24-46-43(28-35)40-14-6-8-16-45(40)50(46)33-19-18-31-10-2-3-11-32(31)26-33/h2-29H,1H2. The molecule has 0 fully saturated rings. The van der Waals surface area contributed by atoms with Crippen LogP contribution in [0, 0.1) is 0 Å². The number of thiophene rings is 1. The molecular weight excluding hydrogens is 637 g/mol. The van der Waals surface area contributed by atoms with Crippen LogP contribution >= 0.6 is 11.3 Å². The Morgan fingerprint density at radius 2 is 1.04 bits per heavy atom. The van der Waals surface area contributed by atoms with Crippen LogP contribution in [0.1, 0.15) is 11.1 Å². The van der Waals surface area contributed by atoms with Gasteiger partial charge < -0.3 is 9.47 Å². The Morgan fingerprint density at radius 3 is 1.94 bits per heavy atom. The van der Waals surface area contributed by atoms with Crippen LogP contribution < -0.4 is 4.90 Å². The Hall–Kier alpha value is -6.42. The van der Waals surface area contributed by atoms with Gasteiger partial charge in [-0.15, -0.1) is 11.3 Å². The van der Waals surface area contributed by atoms with Crippen LogP contribution in [-0.2, 0) is 0 Å². The van der Waals surface area contributed by atoms with Gasteiger partial charge >= 0.3 is 0 Å². The number of rotatable bonds is 4.